The highest BCUT2D eigenvalue weighted by Gasteiger charge is 2.37. The van der Waals surface area contributed by atoms with Crippen molar-refractivity contribution in [3.05, 3.63) is 0 Å². The summed E-state index contributed by atoms with van der Waals surface area (Å²) >= 11 is 0. The lowest BCUT2D eigenvalue weighted by Gasteiger charge is -2.30. The van der Waals surface area contributed by atoms with Gasteiger partial charge in [0.25, 0.3) is 0 Å². The zero-order valence-corrected chi connectivity index (χ0v) is 10.5. The number of rotatable bonds is 1. The van der Waals surface area contributed by atoms with Gasteiger partial charge in [-0.15, -0.1) is 0 Å². The second kappa shape index (κ2) is 4.06. The first kappa shape index (κ1) is 11.4. The minimum absolute atomic E-state index is 0.448. The third-order valence-corrected chi connectivity index (χ3v) is 4.45. The molecule has 88 valence electrons. The Morgan fingerprint density at radius 1 is 1.13 bits per heavy atom. The fraction of sp³-hybridized carbons (Fsp3) is 1.00. The molecule has 2 N–H and O–H groups in total. The minimum Gasteiger partial charge on any atom is -0.326 e. The summed E-state index contributed by atoms with van der Waals surface area (Å²) in [6, 6.07) is 1.14. The van der Waals surface area contributed by atoms with E-state index in [1.165, 1.54) is 38.8 Å². The summed E-state index contributed by atoms with van der Waals surface area (Å²) in [4.78, 5) is 2.66. The van der Waals surface area contributed by atoms with Gasteiger partial charge in [0.1, 0.15) is 0 Å². The van der Waals surface area contributed by atoms with Gasteiger partial charge in [0.15, 0.2) is 0 Å². The molecule has 1 aliphatic heterocycles. The number of hydrogen-bond donors (Lipinski definition) is 1. The van der Waals surface area contributed by atoms with Crippen LogP contribution < -0.4 is 5.73 Å². The van der Waals surface area contributed by atoms with Gasteiger partial charge in [-0.05, 0) is 37.1 Å². The number of hydrogen-bond acceptors (Lipinski definition) is 2. The van der Waals surface area contributed by atoms with E-state index in [9.17, 15) is 0 Å². The van der Waals surface area contributed by atoms with Gasteiger partial charge in [-0.25, -0.2) is 0 Å². The summed E-state index contributed by atoms with van der Waals surface area (Å²) in [5, 5.41) is 0. The molecule has 0 aromatic rings. The zero-order chi connectivity index (χ0) is 11.1. The highest BCUT2D eigenvalue weighted by Crippen LogP contribution is 2.36. The molecule has 1 saturated heterocycles. The predicted molar refractivity (Wildman–Crippen MR) is 64.7 cm³/mol. The largest absolute Gasteiger partial charge is 0.326 e. The third kappa shape index (κ3) is 2.36. The maximum atomic E-state index is 6.17. The smallest absolute Gasteiger partial charge is 0.0247 e. The van der Waals surface area contributed by atoms with Crippen molar-refractivity contribution >= 4 is 0 Å². The Labute approximate surface area is 94.2 Å². The first-order valence-electron chi connectivity index (χ1n) is 6.48. The summed E-state index contributed by atoms with van der Waals surface area (Å²) < 4.78 is 0. The summed E-state index contributed by atoms with van der Waals surface area (Å²) in [7, 11) is 0. The molecule has 0 spiro atoms. The van der Waals surface area contributed by atoms with Crippen LogP contribution in [0.4, 0.5) is 0 Å². The van der Waals surface area contributed by atoms with Gasteiger partial charge in [-0.1, -0.05) is 27.2 Å². The van der Waals surface area contributed by atoms with E-state index in [0.717, 1.165) is 5.92 Å². The standard InChI is InChI=1S/C13H26N2/c1-13(2,3)10-7-8-15(9-10)12-6-4-5-11(12)14/h10-12H,4-9,14H2,1-3H3. The number of nitrogens with zero attached hydrogens (tertiary/aromatic N) is 1. The molecular formula is C13H26N2. The maximum absolute atomic E-state index is 6.17. The van der Waals surface area contributed by atoms with Gasteiger partial charge in [0.05, 0.1) is 0 Å². The van der Waals surface area contributed by atoms with Crippen molar-refractivity contribution in [1.29, 1.82) is 0 Å². The van der Waals surface area contributed by atoms with Crippen molar-refractivity contribution in [1.82, 2.24) is 4.90 Å². The van der Waals surface area contributed by atoms with Crippen LogP contribution in [0.2, 0.25) is 0 Å². The van der Waals surface area contributed by atoms with Crippen molar-refractivity contribution in [3.63, 3.8) is 0 Å². The van der Waals surface area contributed by atoms with Crippen LogP contribution in [0, 0.1) is 11.3 Å². The summed E-state index contributed by atoms with van der Waals surface area (Å²) in [6.07, 6.45) is 5.27. The molecule has 2 fully saturated rings. The average molecular weight is 210 g/mol. The highest BCUT2D eigenvalue weighted by atomic mass is 15.2. The Morgan fingerprint density at radius 3 is 2.33 bits per heavy atom. The first-order valence-corrected chi connectivity index (χ1v) is 6.48. The summed E-state index contributed by atoms with van der Waals surface area (Å²) in [6.45, 7) is 9.67. The van der Waals surface area contributed by atoms with Crippen LogP contribution in [0.3, 0.4) is 0 Å². The van der Waals surface area contributed by atoms with Crippen LogP contribution in [0.5, 0.6) is 0 Å². The topological polar surface area (TPSA) is 29.3 Å². The second-order valence-electron chi connectivity index (χ2n) is 6.51. The molecule has 0 amide bonds. The Hall–Kier alpha value is -0.0800. The molecule has 0 aromatic heterocycles. The molecule has 1 heterocycles. The number of nitrogens with two attached hydrogens (primary N) is 1. The quantitative estimate of drug-likeness (QED) is 0.719. The molecule has 1 aliphatic carbocycles. The lowest BCUT2D eigenvalue weighted by molar-refractivity contribution is 0.187. The minimum atomic E-state index is 0.448. The van der Waals surface area contributed by atoms with Gasteiger partial charge in [-0.2, -0.15) is 0 Å². The Kier molecular flexibility index (Phi) is 3.09. The lowest BCUT2D eigenvalue weighted by Crippen LogP contribution is -2.43. The molecule has 0 radical (unpaired) electrons. The monoisotopic (exact) mass is 210 g/mol. The Bertz CT molecular complexity index is 219. The molecule has 2 rings (SSSR count). The van der Waals surface area contributed by atoms with Gasteiger partial charge in [0.2, 0.25) is 0 Å². The van der Waals surface area contributed by atoms with E-state index in [1.54, 1.807) is 0 Å². The molecule has 2 aliphatic rings. The molecule has 15 heavy (non-hydrogen) atoms. The maximum Gasteiger partial charge on any atom is 0.0247 e. The van der Waals surface area contributed by atoms with Crippen LogP contribution in [0.15, 0.2) is 0 Å². The molecule has 3 unspecified atom stereocenters. The zero-order valence-electron chi connectivity index (χ0n) is 10.5. The van der Waals surface area contributed by atoms with Crippen LogP contribution >= 0.6 is 0 Å². The van der Waals surface area contributed by atoms with E-state index in [2.05, 4.69) is 25.7 Å². The van der Waals surface area contributed by atoms with Crippen molar-refractivity contribution in [2.45, 2.75) is 58.5 Å². The SMILES string of the molecule is CC(C)(C)C1CCN(C2CCCC2N)C1. The van der Waals surface area contributed by atoms with Crippen LogP contribution in [0.25, 0.3) is 0 Å². The average Bonchev–Trinajstić information content (AvgIpc) is 2.69. The molecule has 1 saturated carbocycles. The van der Waals surface area contributed by atoms with Gasteiger partial charge < -0.3 is 5.73 Å². The van der Waals surface area contributed by atoms with E-state index in [-0.39, 0.29) is 0 Å². The highest BCUT2D eigenvalue weighted by molar-refractivity contribution is 4.93. The summed E-state index contributed by atoms with van der Waals surface area (Å²) in [5.41, 5.74) is 6.64. The first-order chi connectivity index (χ1) is 6.98. The molecule has 0 aromatic carbocycles. The molecular weight excluding hydrogens is 184 g/mol. The molecule has 0 bridgehead atoms. The molecule has 3 atom stereocenters. The van der Waals surface area contributed by atoms with E-state index in [0.29, 0.717) is 17.5 Å². The van der Waals surface area contributed by atoms with E-state index >= 15 is 0 Å². The predicted octanol–water partition coefficient (Wildman–Crippen LogP) is 2.23. The summed E-state index contributed by atoms with van der Waals surface area (Å²) in [5.74, 6) is 0.866. The Balaban J connectivity index is 1.92. The van der Waals surface area contributed by atoms with E-state index in [1.807, 2.05) is 0 Å². The van der Waals surface area contributed by atoms with Crippen molar-refractivity contribution in [2.24, 2.45) is 17.1 Å². The normalized spacial score (nSPS) is 38.8. The van der Waals surface area contributed by atoms with Gasteiger partial charge in [0, 0.05) is 18.6 Å². The third-order valence-electron chi connectivity index (χ3n) is 4.45. The van der Waals surface area contributed by atoms with Gasteiger partial charge in [-0.3, -0.25) is 4.90 Å². The number of likely N-dealkylation sites (tertiary alicyclic amines) is 1. The van der Waals surface area contributed by atoms with Crippen LogP contribution in [0.1, 0.15) is 46.5 Å². The van der Waals surface area contributed by atoms with Crippen LogP contribution in [-0.2, 0) is 0 Å². The van der Waals surface area contributed by atoms with Crippen LogP contribution in [-0.4, -0.2) is 30.1 Å². The van der Waals surface area contributed by atoms with Gasteiger partial charge >= 0.3 is 0 Å². The fourth-order valence-corrected chi connectivity index (χ4v) is 3.22. The fourth-order valence-electron chi connectivity index (χ4n) is 3.22. The molecule has 2 nitrogen and oxygen atoms in total. The van der Waals surface area contributed by atoms with E-state index in [4.69, 9.17) is 5.73 Å². The Morgan fingerprint density at radius 2 is 1.87 bits per heavy atom. The van der Waals surface area contributed by atoms with Crippen molar-refractivity contribution in [3.8, 4) is 0 Å². The molecule has 2 heteroatoms. The van der Waals surface area contributed by atoms with Crippen molar-refractivity contribution < 1.29 is 0 Å². The van der Waals surface area contributed by atoms with E-state index < -0.39 is 0 Å². The second-order valence-corrected chi connectivity index (χ2v) is 6.51. The lowest BCUT2D eigenvalue weighted by atomic mass is 9.80. The van der Waals surface area contributed by atoms with Crippen molar-refractivity contribution in [2.75, 3.05) is 13.1 Å².